The summed E-state index contributed by atoms with van der Waals surface area (Å²) in [6.45, 7) is 2.12. The van der Waals surface area contributed by atoms with E-state index in [1.165, 1.54) is 0 Å². The number of nitrogen functional groups attached to an aromatic ring is 1. The number of aryl methyl sites for hydroxylation is 1. The third-order valence-corrected chi connectivity index (χ3v) is 5.13. The Kier molecular flexibility index (Phi) is 5.00. The van der Waals surface area contributed by atoms with Crippen molar-refractivity contribution in [2.45, 2.75) is 32.8 Å². The van der Waals surface area contributed by atoms with E-state index in [9.17, 15) is 4.79 Å². The molecule has 0 saturated heterocycles. The van der Waals surface area contributed by atoms with Gasteiger partial charge in [0.2, 0.25) is 11.9 Å². The molecule has 29 heavy (non-hydrogen) atoms. The average molecular weight is 392 g/mol. The number of para-hydroxylation sites is 1. The van der Waals surface area contributed by atoms with Gasteiger partial charge in [0, 0.05) is 25.2 Å². The average Bonchev–Trinajstić information content (AvgIpc) is 2.70. The second-order valence-electron chi connectivity index (χ2n) is 7.66. The second-order valence-corrected chi connectivity index (χ2v) is 7.66. The summed E-state index contributed by atoms with van der Waals surface area (Å²) in [6.07, 6.45) is 2.77. The van der Waals surface area contributed by atoms with Gasteiger partial charge in [0.15, 0.2) is 12.4 Å². The van der Waals surface area contributed by atoms with Gasteiger partial charge in [-0.25, -0.2) is 4.79 Å². The largest absolute Gasteiger partial charge is 0.454 e. The highest BCUT2D eigenvalue weighted by Crippen LogP contribution is 2.32. The van der Waals surface area contributed by atoms with Gasteiger partial charge in [-0.2, -0.15) is 15.0 Å². The molecule has 0 aliphatic heterocycles. The van der Waals surface area contributed by atoms with Crippen molar-refractivity contribution in [3.05, 3.63) is 46.9 Å². The Bertz CT molecular complexity index is 1080. The summed E-state index contributed by atoms with van der Waals surface area (Å²) >= 11 is 0. The van der Waals surface area contributed by atoms with E-state index >= 15 is 0 Å². The number of carbonyl (C=O) groups is 1. The molecule has 2 heterocycles. The van der Waals surface area contributed by atoms with Crippen molar-refractivity contribution in [3.63, 3.8) is 0 Å². The number of nitrogens with zero attached hydrogens (tertiary/aromatic N) is 5. The molecular weight excluding hydrogens is 368 g/mol. The van der Waals surface area contributed by atoms with Crippen LogP contribution in [-0.2, 0) is 24.2 Å². The molecule has 150 valence electrons. The quantitative estimate of drug-likeness (QED) is 0.675. The van der Waals surface area contributed by atoms with Crippen molar-refractivity contribution in [2.24, 2.45) is 5.92 Å². The van der Waals surface area contributed by atoms with Crippen LogP contribution in [0.4, 0.5) is 11.9 Å². The summed E-state index contributed by atoms with van der Waals surface area (Å²) in [5.74, 6) is 0.942. The minimum absolute atomic E-state index is 0.0760. The normalized spacial score (nSPS) is 15.8. The fourth-order valence-corrected chi connectivity index (χ4v) is 3.69. The van der Waals surface area contributed by atoms with Crippen LogP contribution in [0.1, 0.15) is 40.8 Å². The first-order chi connectivity index (χ1) is 13.9. The summed E-state index contributed by atoms with van der Waals surface area (Å²) in [4.78, 5) is 32.1. The monoisotopic (exact) mass is 392 g/mol. The van der Waals surface area contributed by atoms with Gasteiger partial charge >= 0.3 is 5.97 Å². The van der Waals surface area contributed by atoms with E-state index in [4.69, 9.17) is 15.5 Å². The molecule has 1 unspecified atom stereocenters. The van der Waals surface area contributed by atoms with E-state index in [1.807, 2.05) is 24.3 Å². The number of fused-ring (bicyclic) bond motifs is 2. The van der Waals surface area contributed by atoms with Crippen molar-refractivity contribution < 1.29 is 9.53 Å². The maximum absolute atomic E-state index is 13.2. The summed E-state index contributed by atoms with van der Waals surface area (Å²) in [5, 5.41) is 0.814. The number of esters is 1. The highest BCUT2D eigenvalue weighted by Gasteiger charge is 2.26. The van der Waals surface area contributed by atoms with Crippen LogP contribution in [0.2, 0.25) is 0 Å². The summed E-state index contributed by atoms with van der Waals surface area (Å²) in [7, 11) is 3.61. The number of hydrogen-bond donors (Lipinski definition) is 1. The molecule has 0 fully saturated rings. The molecule has 8 heteroatoms. The summed E-state index contributed by atoms with van der Waals surface area (Å²) in [5.41, 5.74) is 9.16. The molecule has 0 saturated carbocycles. The Morgan fingerprint density at radius 1 is 1.21 bits per heavy atom. The van der Waals surface area contributed by atoms with Gasteiger partial charge in [-0.1, -0.05) is 25.1 Å². The number of nitrogens with two attached hydrogens (primary N) is 1. The van der Waals surface area contributed by atoms with E-state index < -0.39 is 0 Å². The molecule has 1 aliphatic rings. The molecule has 1 atom stereocenters. The molecule has 0 spiro atoms. The number of aromatic nitrogens is 4. The zero-order valence-electron chi connectivity index (χ0n) is 16.8. The molecule has 8 nitrogen and oxygen atoms in total. The number of ether oxygens (including phenoxy) is 1. The summed E-state index contributed by atoms with van der Waals surface area (Å²) in [6, 6.07) is 7.69. The number of anilines is 2. The van der Waals surface area contributed by atoms with Gasteiger partial charge in [-0.15, -0.1) is 0 Å². The molecule has 4 rings (SSSR count). The van der Waals surface area contributed by atoms with Crippen molar-refractivity contribution in [1.82, 2.24) is 19.9 Å². The van der Waals surface area contributed by atoms with Crippen LogP contribution in [0, 0.1) is 5.92 Å². The predicted octanol–water partition coefficient (Wildman–Crippen LogP) is 2.55. The SMILES string of the molecule is CC1CCc2nc3ccccc3c(C(=O)OCc3nc(N)nc(N(C)C)n3)c2C1. The first-order valence-corrected chi connectivity index (χ1v) is 9.67. The molecule has 1 aromatic carbocycles. The maximum Gasteiger partial charge on any atom is 0.339 e. The number of rotatable bonds is 4. The first kappa shape index (κ1) is 19.0. The Morgan fingerprint density at radius 2 is 2.00 bits per heavy atom. The zero-order chi connectivity index (χ0) is 20.5. The van der Waals surface area contributed by atoms with E-state index in [0.717, 1.165) is 41.4 Å². The molecule has 2 aromatic heterocycles. The van der Waals surface area contributed by atoms with Crippen LogP contribution in [0.5, 0.6) is 0 Å². The topological polar surface area (TPSA) is 107 Å². The van der Waals surface area contributed by atoms with Crippen molar-refractivity contribution in [3.8, 4) is 0 Å². The first-order valence-electron chi connectivity index (χ1n) is 9.67. The lowest BCUT2D eigenvalue weighted by Gasteiger charge is -2.24. The molecule has 0 amide bonds. The third kappa shape index (κ3) is 3.83. The summed E-state index contributed by atoms with van der Waals surface area (Å²) < 4.78 is 5.62. The van der Waals surface area contributed by atoms with Crippen LogP contribution in [-0.4, -0.2) is 40.0 Å². The lowest BCUT2D eigenvalue weighted by molar-refractivity contribution is 0.0462. The number of hydrogen-bond acceptors (Lipinski definition) is 8. The highest BCUT2D eigenvalue weighted by atomic mass is 16.5. The van der Waals surface area contributed by atoms with Crippen LogP contribution in [0.3, 0.4) is 0 Å². The van der Waals surface area contributed by atoms with Crippen molar-refractivity contribution in [1.29, 1.82) is 0 Å². The van der Waals surface area contributed by atoms with Gasteiger partial charge < -0.3 is 15.4 Å². The standard InChI is InChI=1S/C21H24N6O2/c1-12-8-9-16-14(10-12)18(13-6-4-5-7-15(13)23-16)19(28)29-11-17-24-20(22)26-21(25-17)27(2)3/h4-7,12H,8-11H2,1-3H3,(H2,22,24,25,26). The van der Waals surface area contributed by atoms with E-state index in [2.05, 4.69) is 21.9 Å². The number of carbonyl (C=O) groups excluding carboxylic acids is 1. The Labute approximate surface area is 169 Å². The van der Waals surface area contributed by atoms with Gasteiger partial charge in [-0.3, -0.25) is 4.98 Å². The molecular formula is C21H24N6O2. The Morgan fingerprint density at radius 3 is 2.79 bits per heavy atom. The minimum atomic E-state index is -0.390. The van der Waals surface area contributed by atoms with E-state index in [-0.39, 0.29) is 18.5 Å². The van der Waals surface area contributed by atoms with E-state index in [0.29, 0.717) is 23.3 Å². The lowest BCUT2D eigenvalue weighted by atomic mass is 9.84. The molecule has 0 radical (unpaired) electrons. The van der Waals surface area contributed by atoms with Gasteiger partial charge in [0.25, 0.3) is 0 Å². The van der Waals surface area contributed by atoms with Crippen LogP contribution < -0.4 is 10.6 Å². The second kappa shape index (κ2) is 7.62. The van der Waals surface area contributed by atoms with Gasteiger partial charge in [-0.05, 0) is 36.8 Å². The Hall–Kier alpha value is -3.29. The fourth-order valence-electron chi connectivity index (χ4n) is 3.69. The van der Waals surface area contributed by atoms with Crippen LogP contribution in [0.25, 0.3) is 10.9 Å². The Balaban J connectivity index is 1.68. The molecule has 0 bridgehead atoms. The highest BCUT2D eigenvalue weighted by molar-refractivity contribution is 6.05. The van der Waals surface area contributed by atoms with Gasteiger partial charge in [0.05, 0.1) is 11.1 Å². The molecule has 2 N–H and O–H groups in total. The minimum Gasteiger partial charge on any atom is -0.454 e. The van der Waals surface area contributed by atoms with E-state index in [1.54, 1.807) is 19.0 Å². The molecule has 1 aliphatic carbocycles. The third-order valence-electron chi connectivity index (χ3n) is 5.13. The smallest absolute Gasteiger partial charge is 0.339 e. The number of benzene rings is 1. The zero-order valence-corrected chi connectivity index (χ0v) is 16.8. The van der Waals surface area contributed by atoms with Crippen molar-refractivity contribution >= 4 is 28.8 Å². The van der Waals surface area contributed by atoms with Gasteiger partial charge in [0.1, 0.15) is 0 Å². The fraction of sp³-hybridized carbons (Fsp3) is 0.381. The van der Waals surface area contributed by atoms with Crippen LogP contribution in [0.15, 0.2) is 24.3 Å². The van der Waals surface area contributed by atoms with Crippen molar-refractivity contribution in [2.75, 3.05) is 24.7 Å². The van der Waals surface area contributed by atoms with Crippen LogP contribution >= 0.6 is 0 Å². The predicted molar refractivity (Wildman–Crippen MR) is 111 cm³/mol. The number of pyridine rings is 1. The lowest BCUT2D eigenvalue weighted by Crippen LogP contribution is -2.20. The maximum atomic E-state index is 13.2. The molecule has 3 aromatic rings.